The van der Waals surface area contributed by atoms with Crippen molar-refractivity contribution in [1.29, 1.82) is 0 Å². The van der Waals surface area contributed by atoms with Gasteiger partial charge in [0, 0.05) is 11.5 Å². The lowest BCUT2D eigenvalue weighted by Crippen LogP contribution is -2.26. The molecule has 0 fully saturated rings. The van der Waals surface area contributed by atoms with Gasteiger partial charge in [-0.1, -0.05) is 30.3 Å². The van der Waals surface area contributed by atoms with Crippen molar-refractivity contribution in [2.45, 2.75) is 13.5 Å². The van der Waals surface area contributed by atoms with Crippen molar-refractivity contribution in [3.63, 3.8) is 0 Å². The molecule has 0 atom stereocenters. The predicted molar refractivity (Wildman–Crippen MR) is 112 cm³/mol. The number of hydrogen-bond donors (Lipinski definition) is 1. The number of rotatable bonds is 9. The van der Waals surface area contributed by atoms with Crippen molar-refractivity contribution in [1.82, 2.24) is 10.3 Å². The van der Waals surface area contributed by atoms with Gasteiger partial charge in [-0.2, -0.15) is 0 Å². The molecule has 0 aliphatic heterocycles. The Morgan fingerprint density at radius 1 is 1.07 bits per heavy atom. The zero-order chi connectivity index (χ0) is 19.6. The fourth-order valence-electron chi connectivity index (χ4n) is 2.40. The average Bonchev–Trinajstić information content (AvgIpc) is 3.15. The second kappa shape index (κ2) is 10.3. The minimum absolute atomic E-state index is 0.157. The summed E-state index contributed by atoms with van der Waals surface area (Å²) in [6, 6.07) is 17.1. The Labute approximate surface area is 168 Å². The first-order chi connectivity index (χ1) is 13.7. The minimum atomic E-state index is -0.157. The number of benzene rings is 2. The normalized spacial score (nSPS) is 10.8. The second-order valence-corrected chi connectivity index (χ2v) is 7.06. The number of carbonyl (C=O) groups is 1. The fraction of sp³-hybridized carbons (Fsp3) is 0.182. The lowest BCUT2D eigenvalue weighted by atomic mass is 10.2. The Bertz CT molecular complexity index is 905. The van der Waals surface area contributed by atoms with E-state index in [-0.39, 0.29) is 5.91 Å². The second-order valence-electron chi connectivity index (χ2n) is 6.00. The number of hydrogen-bond acceptors (Lipinski definition) is 5. The van der Waals surface area contributed by atoms with Gasteiger partial charge in [-0.3, -0.25) is 4.79 Å². The van der Waals surface area contributed by atoms with E-state index in [1.165, 1.54) is 6.08 Å². The Balaban J connectivity index is 1.37. The van der Waals surface area contributed by atoms with Crippen LogP contribution in [0.15, 0.2) is 66.1 Å². The molecule has 1 heterocycles. The van der Waals surface area contributed by atoms with Gasteiger partial charge in [0.1, 0.15) is 24.7 Å². The molecule has 0 aliphatic carbocycles. The van der Waals surface area contributed by atoms with Gasteiger partial charge in [0.15, 0.2) is 0 Å². The molecule has 0 aliphatic rings. The van der Waals surface area contributed by atoms with Crippen LogP contribution in [-0.2, 0) is 11.4 Å². The molecule has 1 aromatic heterocycles. The van der Waals surface area contributed by atoms with Crippen LogP contribution in [0.25, 0.3) is 6.08 Å². The van der Waals surface area contributed by atoms with Crippen molar-refractivity contribution < 1.29 is 14.3 Å². The summed E-state index contributed by atoms with van der Waals surface area (Å²) in [5.41, 5.74) is 1.85. The first-order valence-electron chi connectivity index (χ1n) is 8.97. The van der Waals surface area contributed by atoms with Crippen molar-refractivity contribution in [2.24, 2.45) is 0 Å². The largest absolute Gasteiger partial charge is 0.492 e. The van der Waals surface area contributed by atoms with Crippen LogP contribution in [0, 0.1) is 6.92 Å². The van der Waals surface area contributed by atoms with Gasteiger partial charge < -0.3 is 14.8 Å². The summed E-state index contributed by atoms with van der Waals surface area (Å²) >= 11 is 1.61. The summed E-state index contributed by atoms with van der Waals surface area (Å²) in [6.45, 7) is 3.30. The highest BCUT2D eigenvalue weighted by atomic mass is 32.1. The molecule has 1 N–H and O–H groups in total. The maximum Gasteiger partial charge on any atom is 0.244 e. The summed E-state index contributed by atoms with van der Waals surface area (Å²) in [6.07, 6.45) is 3.28. The van der Waals surface area contributed by atoms with Gasteiger partial charge in [0.2, 0.25) is 5.91 Å². The molecule has 0 spiro atoms. The SMILES string of the molecule is Cc1nc(COc2ccc(/C=C/C(=O)NCCOc3ccccc3)cc2)cs1. The number of carbonyl (C=O) groups excluding carboxylic acids is 1. The van der Waals surface area contributed by atoms with Crippen molar-refractivity contribution >= 4 is 23.3 Å². The number of nitrogens with zero attached hydrogens (tertiary/aromatic N) is 1. The van der Waals surface area contributed by atoms with Gasteiger partial charge in [0.25, 0.3) is 0 Å². The monoisotopic (exact) mass is 394 g/mol. The van der Waals surface area contributed by atoms with Crippen molar-refractivity contribution in [2.75, 3.05) is 13.2 Å². The van der Waals surface area contributed by atoms with E-state index < -0.39 is 0 Å². The topological polar surface area (TPSA) is 60.5 Å². The van der Waals surface area contributed by atoms with E-state index >= 15 is 0 Å². The van der Waals surface area contributed by atoms with Gasteiger partial charge in [-0.25, -0.2) is 4.98 Å². The third kappa shape index (κ3) is 6.55. The highest BCUT2D eigenvalue weighted by Gasteiger charge is 2.00. The van der Waals surface area contributed by atoms with Gasteiger partial charge >= 0.3 is 0 Å². The van der Waals surface area contributed by atoms with Crippen LogP contribution in [0.1, 0.15) is 16.3 Å². The summed E-state index contributed by atoms with van der Waals surface area (Å²) in [5.74, 6) is 1.40. The molecule has 5 nitrogen and oxygen atoms in total. The van der Waals surface area contributed by atoms with Crippen LogP contribution in [-0.4, -0.2) is 24.0 Å². The smallest absolute Gasteiger partial charge is 0.244 e. The van der Waals surface area contributed by atoms with E-state index in [1.807, 2.05) is 66.9 Å². The van der Waals surface area contributed by atoms with Crippen LogP contribution >= 0.6 is 11.3 Å². The fourth-order valence-corrected chi connectivity index (χ4v) is 2.99. The first-order valence-corrected chi connectivity index (χ1v) is 9.84. The van der Waals surface area contributed by atoms with Crippen LogP contribution in [0.4, 0.5) is 0 Å². The zero-order valence-electron chi connectivity index (χ0n) is 15.6. The summed E-state index contributed by atoms with van der Waals surface area (Å²) in [5, 5.41) is 5.82. The zero-order valence-corrected chi connectivity index (χ0v) is 16.4. The Morgan fingerprint density at radius 3 is 2.54 bits per heavy atom. The van der Waals surface area contributed by atoms with Crippen molar-refractivity contribution in [3.8, 4) is 11.5 Å². The van der Waals surface area contributed by atoms with E-state index in [0.717, 1.165) is 27.8 Å². The summed E-state index contributed by atoms with van der Waals surface area (Å²) in [7, 11) is 0. The first kappa shape index (κ1) is 19.6. The van der Waals surface area contributed by atoms with Gasteiger partial charge in [0.05, 0.1) is 17.2 Å². The number of thiazole rings is 1. The molecule has 0 saturated carbocycles. The molecule has 6 heteroatoms. The quantitative estimate of drug-likeness (QED) is 0.436. The maximum absolute atomic E-state index is 11.9. The minimum Gasteiger partial charge on any atom is -0.492 e. The van der Waals surface area contributed by atoms with Crippen LogP contribution in [0.3, 0.4) is 0 Å². The third-order valence-corrected chi connectivity index (χ3v) is 4.60. The molecule has 0 radical (unpaired) electrons. The Kier molecular flexibility index (Phi) is 7.21. The summed E-state index contributed by atoms with van der Waals surface area (Å²) in [4.78, 5) is 16.2. The standard InChI is InChI=1S/C22H22N2O3S/c1-17-24-19(16-28-17)15-27-21-10-7-18(8-11-21)9-12-22(25)23-13-14-26-20-5-3-2-4-6-20/h2-12,16H,13-15H2,1H3,(H,23,25)/b12-9+. The molecule has 0 saturated heterocycles. The van der Waals surface area contributed by atoms with Crippen LogP contribution in [0.5, 0.6) is 11.5 Å². The number of nitrogens with one attached hydrogen (secondary N) is 1. The third-order valence-electron chi connectivity index (χ3n) is 3.77. The van der Waals surface area contributed by atoms with Crippen molar-refractivity contribution in [3.05, 3.63) is 82.3 Å². The lowest BCUT2D eigenvalue weighted by Gasteiger charge is -2.06. The highest BCUT2D eigenvalue weighted by molar-refractivity contribution is 7.09. The lowest BCUT2D eigenvalue weighted by molar-refractivity contribution is -0.116. The molecule has 2 aromatic carbocycles. The molecule has 3 aromatic rings. The number of aromatic nitrogens is 1. The van der Waals surface area contributed by atoms with E-state index in [9.17, 15) is 4.79 Å². The highest BCUT2D eigenvalue weighted by Crippen LogP contribution is 2.16. The number of ether oxygens (including phenoxy) is 2. The molecular weight excluding hydrogens is 372 g/mol. The molecule has 28 heavy (non-hydrogen) atoms. The van der Waals surface area contributed by atoms with E-state index in [4.69, 9.17) is 9.47 Å². The number of aryl methyl sites for hydroxylation is 1. The number of para-hydroxylation sites is 1. The molecular formula is C22H22N2O3S. The van der Waals surface area contributed by atoms with Gasteiger partial charge in [-0.05, 0) is 42.8 Å². The van der Waals surface area contributed by atoms with Crippen LogP contribution in [0.2, 0.25) is 0 Å². The van der Waals surface area contributed by atoms with E-state index in [2.05, 4.69) is 10.3 Å². The molecule has 0 bridgehead atoms. The average molecular weight is 394 g/mol. The number of amides is 1. The Morgan fingerprint density at radius 2 is 1.82 bits per heavy atom. The molecule has 1 amide bonds. The predicted octanol–water partition coefficient (Wildman–Crippen LogP) is 4.24. The molecule has 0 unspecified atom stereocenters. The summed E-state index contributed by atoms with van der Waals surface area (Å²) < 4.78 is 11.2. The Hall–Kier alpha value is -3.12. The molecule has 3 rings (SSSR count). The van der Waals surface area contributed by atoms with Gasteiger partial charge in [-0.15, -0.1) is 11.3 Å². The van der Waals surface area contributed by atoms with Crippen LogP contribution < -0.4 is 14.8 Å². The van der Waals surface area contributed by atoms with E-state index in [0.29, 0.717) is 19.8 Å². The van der Waals surface area contributed by atoms with E-state index in [1.54, 1.807) is 17.4 Å². The maximum atomic E-state index is 11.9. The molecule has 144 valence electrons.